The standard InChI is InChI=1S/C20H16O6/c1-20(10-21)7-6-13-15(26-20)8-16-17(18(13)23)19(24)14(9-25-16)11-2-4-12(22)5-3-11/h2-9,21-23H,10H2,1H3/t20-/m1/s1. The van der Waals surface area contributed by atoms with Gasteiger partial charge in [-0.3, -0.25) is 4.79 Å². The molecule has 26 heavy (non-hydrogen) atoms. The zero-order valence-corrected chi connectivity index (χ0v) is 13.9. The summed E-state index contributed by atoms with van der Waals surface area (Å²) in [5.74, 6) is 0.183. The highest BCUT2D eigenvalue weighted by molar-refractivity contribution is 5.93. The lowest BCUT2D eigenvalue weighted by molar-refractivity contribution is 0.0639. The molecular weight excluding hydrogens is 336 g/mol. The molecule has 1 aliphatic rings. The molecule has 6 heteroatoms. The second kappa shape index (κ2) is 5.64. The van der Waals surface area contributed by atoms with Gasteiger partial charge in [0.05, 0.1) is 17.7 Å². The van der Waals surface area contributed by atoms with E-state index in [1.165, 1.54) is 24.5 Å². The first-order valence-corrected chi connectivity index (χ1v) is 8.02. The largest absolute Gasteiger partial charge is 0.508 e. The number of rotatable bonds is 2. The van der Waals surface area contributed by atoms with E-state index in [2.05, 4.69) is 0 Å². The van der Waals surface area contributed by atoms with Crippen LogP contribution in [0.5, 0.6) is 17.2 Å². The Balaban J connectivity index is 1.94. The summed E-state index contributed by atoms with van der Waals surface area (Å²) in [6.07, 6.45) is 4.57. The van der Waals surface area contributed by atoms with Gasteiger partial charge < -0.3 is 24.5 Å². The first-order valence-electron chi connectivity index (χ1n) is 8.02. The number of aromatic hydroxyl groups is 2. The fourth-order valence-electron chi connectivity index (χ4n) is 2.98. The van der Waals surface area contributed by atoms with Crippen LogP contribution in [0.1, 0.15) is 12.5 Å². The monoisotopic (exact) mass is 352 g/mol. The van der Waals surface area contributed by atoms with E-state index in [0.717, 1.165) is 0 Å². The van der Waals surface area contributed by atoms with Gasteiger partial charge in [-0.2, -0.15) is 0 Å². The van der Waals surface area contributed by atoms with Gasteiger partial charge in [-0.1, -0.05) is 12.1 Å². The summed E-state index contributed by atoms with van der Waals surface area (Å²) >= 11 is 0. The average molecular weight is 352 g/mol. The molecule has 0 bridgehead atoms. The van der Waals surface area contributed by atoms with Crippen LogP contribution in [0.15, 0.2) is 51.9 Å². The van der Waals surface area contributed by atoms with E-state index in [4.69, 9.17) is 9.15 Å². The maximum absolute atomic E-state index is 12.9. The third-order valence-corrected chi connectivity index (χ3v) is 4.48. The normalized spacial score (nSPS) is 18.5. The third-order valence-electron chi connectivity index (χ3n) is 4.48. The number of ether oxygens (including phenoxy) is 1. The van der Waals surface area contributed by atoms with Crippen molar-refractivity contribution in [2.24, 2.45) is 0 Å². The van der Waals surface area contributed by atoms with Gasteiger partial charge in [0.2, 0.25) is 5.43 Å². The van der Waals surface area contributed by atoms with Crippen LogP contribution < -0.4 is 10.2 Å². The Hall–Kier alpha value is -3.25. The molecule has 0 saturated heterocycles. The van der Waals surface area contributed by atoms with E-state index in [9.17, 15) is 20.1 Å². The number of phenolic OH excluding ortho intramolecular Hbond substituents is 2. The molecule has 0 aliphatic carbocycles. The van der Waals surface area contributed by atoms with Crippen molar-refractivity contribution in [2.45, 2.75) is 12.5 Å². The van der Waals surface area contributed by atoms with Gasteiger partial charge in [-0.15, -0.1) is 0 Å². The van der Waals surface area contributed by atoms with Crippen molar-refractivity contribution in [3.63, 3.8) is 0 Å². The Morgan fingerprint density at radius 2 is 1.88 bits per heavy atom. The Kier molecular flexibility index (Phi) is 3.52. The summed E-state index contributed by atoms with van der Waals surface area (Å²) in [7, 11) is 0. The number of aliphatic hydroxyl groups excluding tert-OH is 1. The Morgan fingerprint density at radius 3 is 2.58 bits per heavy atom. The molecule has 2 aromatic carbocycles. The van der Waals surface area contributed by atoms with E-state index in [1.807, 2.05) is 0 Å². The van der Waals surface area contributed by atoms with Crippen LogP contribution >= 0.6 is 0 Å². The van der Waals surface area contributed by atoms with Crippen LogP contribution in [0.25, 0.3) is 28.2 Å². The van der Waals surface area contributed by atoms with Crippen molar-refractivity contribution in [1.82, 2.24) is 0 Å². The molecule has 0 unspecified atom stereocenters. The first-order chi connectivity index (χ1) is 12.4. The molecule has 1 aromatic heterocycles. The summed E-state index contributed by atoms with van der Waals surface area (Å²) in [5.41, 5.74) is 0.0901. The van der Waals surface area contributed by atoms with Crippen LogP contribution in [0.2, 0.25) is 0 Å². The molecule has 1 atom stereocenters. The summed E-state index contributed by atoms with van der Waals surface area (Å²) in [6, 6.07) is 7.66. The Bertz CT molecular complexity index is 1090. The second-order valence-electron chi connectivity index (χ2n) is 6.44. The van der Waals surface area contributed by atoms with Crippen molar-refractivity contribution in [1.29, 1.82) is 0 Å². The van der Waals surface area contributed by atoms with Crippen molar-refractivity contribution >= 4 is 17.0 Å². The second-order valence-corrected chi connectivity index (χ2v) is 6.44. The number of phenols is 2. The quantitative estimate of drug-likeness (QED) is 0.655. The predicted octanol–water partition coefficient (Wildman–Crippen LogP) is 3.03. The minimum atomic E-state index is -0.903. The first kappa shape index (κ1) is 16.2. The van der Waals surface area contributed by atoms with E-state index < -0.39 is 5.60 Å². The highest BCUT2D eigenvalue weighted by Crippen LogP contribution is 2.41. The fourth-order valence-corrected chi connectivity index (χ4v) is 2.98. The number of benzene rings is 2. The molecule has 2 heterocycles. The lowest BCUT2D eigenvalue weighted by Gasteiger charge is -2.30. The third kappa shape index (κ3) is 2.43. The molecule has 6 nitrogen and oxygen atoms in total. The lowest BCUT2D eigenvalue weighted by atomic mass is 9.98. The summed E-state index contributed by atoms with van der Waals surface area (Å²) in [6.45, 7) is 1.48. The topological polar surface area (TPSA) is 100 Å². The molecule has 1 aliphatic heterocycles. The molecule has 0 spiro atoms. The van der Waals surface area contributed by atoms with Gasteiger partial charge >= 0.3 is 0 Å². The molecule has 4 rings (SSSR count). The molecule has 132 valence electrons. The summed E-state index contributed by atoms with van der Waals surface area (Å²) in [4.78, 5) is 12.9. The van der Waals surface area contributed by atoms with Gasteiger partial charge in [0, 0.05) is 6.07 Å². The van der Waals surface area contributed by atoms with Gasteiger partial charge in [-0.25, -0.2) is 0 Å². The Labute approximate surface area is 148 Å². The molecule has 3 aromatic rings. The van der Waals surface area contributed by atoms with E-state index in [1.54, 1.807) is 31.2 Å². The minimum absolute atomic E-state index is 0.0511. The van der Waals surface area contributed by atoms with Crippen LogP contribution in [-0.2, 0) is 0 Å². The molecule has 0 fully saturated rings. The maximum atomic E-state index is 12.9. The molecule has 0 radical (unpaired) electrons. The van der Waals surface area contributed by atoms with Crippen LogP contribution in [-0.4, -0.2) is 27.5 Å². The lowest BCUT2D eigenvalue weighted by Crippen LogP contribution is -2.35. The predicted molar refractivity (Wildman–Crippen MR) is 96.4 cm³/mol. The molecule has 0 amide bonds. The SMILES string of the molecule is C[C@]1(CO)C=Cc2c(cc3occ(-c4ccc(O)cc4)c(=O)c3c2O)O1. The van der Waals surface area contributed by atoms with E-state index in [-0.39, 0.29) is 40.1 Å². The average Bonchev–Trinajstić information content (AvgIpc) is 2.63. The number of hydrogen-bond donors (Lipinski definition) is 3. The van der Waals surface area contributed by atoms with Crippen LogP contribution in [0.4, 0.5) is 0 Å². The van der Waals surface area contributed by atoms with E-state index in [0.29, 0.717) is 16.9 Å². The minimum Gasteiger partial charge on any atom is -0.508 e. The van der Waals surface area contributed by atoms with Crippen molar-refractivity contribution in [3.8, 4) is 28.4 Å². The molecule has 0 saturated carbocycles. The van der Waals surface area contributed by atoms with E-state index >= 15 is 0 Å². The zero-order chi connectivity index (χ0) is 18.5. The highest BCUT2D eigenvalue weighted by Gasteiger charge is 2.29. The smallest absolute Gasteiger partial charge is 0.204 e. The van der Waals surface area contributed by atoms with Crippen LogP contribution in [0, 0.1) is 0 Å². The molecular formula is C20H16O6. The van der Waals surface area contributed by atoms with Gasteiger partial charge in [0.15, 0.2) is 0 Å². The number of fused-ring (bicyclic) bond motifs is 2. The van der Waals surface area contributed by atoms with Crippen molar-refractivity contribution < 1.29 is 24.5 Å². The van der Waals surface area contributed by atoms with Crippen molar-refractivity contribution in [3.05, 3.63) is 58.5 Å². The number of hydrogen-bond acceptors (Lipinski definition) is 6. The maximum Gasteiger partial charge on any atom is 0.204 e. The highest BCUT2D eigenvalue weighted by atomic mass is 16.5. The summed E-state index contributed by atoms with van der Waals surface area (Å²) < 4.78 is 11.3. The van der Waals surface area contributed by atoms with Crippen molar-refractivity contribution in [2.75, 3.05) is 6.61 Å². The number of aliphatic hydroxyl groups is 1. The Morgan fingerprint density at radius 1 is 1.15 bits per heavy atom. The van der Waals surface area contributed by atoms with Gasteiger partial charge in [-0.05, 0) is 36.8 Å². The molecule has 3 N–H and O–H groups in total. The van der Waals surface area contributed by atoms with Gasteiger partial charge in [0.1, 0.15) is 40.1 Å². The summed E-state index contributed by atoms with van der Waals surface area (Å²) in [5, 5.41) is 29.5. The van der Waals surface area contributed by atoms with Gasteiger partial charge in [0.25, 0.3) is 0 Å². The fraction of sp³-hybridized carbons (Fsp3) is 0.150. The zero-order valence-electron chi connectivity index (χ0n) is 13.9. The van der Waals surface area contributed by atoms with Crippen LogP contribution in [0.3, 0.4) is 0 Å².